The molecule has 0 aromatic heterocycles. The predicted octanol–water partition coefficient (Wildman–Crippen LogP) is 2.40. The summed E-state index contributed by atoms with van der Waals surface area (Å²) < 4.78 is 13.7. The molecule has 2 nitrogen and oxygen atoms in total. The molecule has 1 N–H and O–H groups in total. The third kappa shape index (κ3) is 2.43. The smallest absolute Gasteiger partial charge is 0.127 e. The maximum Gasteiger partial charge on any atom is 0.127 e. The molecule has 18 heavy (non-hydrogen) atoms. The Morgan fingerprint density at radius 1 is 1.28 bits per heavy atom. The van der Waals surface area contributed by atoms with Crippen molar-refractivity contribution in [3.05, 3.63) is 35.6 Å². The molecule has 1 atom stereocenters. The first-order valence-corrected chi connectivity index (χ1v) is 6.94. The van der Waals surface area contributed by atoms with E-state index in [2.05, 4.69) is 10.2 Å². The van der Waals surface area contributed by atoms with Crippen molar-refractivity contribution in [1.29, 1.82) is 0 Å². The minimum absolute atomic E-state index is 0.0679. The Morgan fingerprint density at radius 3 is 2.94 bits per heavy atom. The highest BCUT2D eigenvalue weighted by Gasteiger charge is 2.37. The minimum atomic E-state index is -0.0679. The van der Waals surface area contributed by atoms with Crippen LogP contribution in [0.4, 0.5) is 4.39 Å². The van der Waals surface area contributed by atoms with Crippen molar-refractivity contribution in [2.75, 3.05) is 26.2 Å². The molecule has 0 radical (unpaired) electrons. The van der Waals surface area contributed by atoms with E-state index in [-0.39, 0.29) is 5.82 Å². The van der Waals surface area contributed by atoms with Gasteiger partial charge in [0.2, 0.25) is 0 Å². The lowest BCUT2D eigenvalue weighted by Crippen LogP contribution is -2.44. The largest absolute Gasteiger partial charge is 0.316 e. The minimum Gasteiger partial charge on any atom is -0.316 e. The summed E-state index contributed by atoms with van der Waals surface area (Å²) in [5.74, 6) is -0.0679. The van der Waals surface area contributed by atoms with E-state index in [1.165, 1.54) is 19.3 Å². The van der Waals surface area contributed by atoms with Crippen molar-refractivity contribution in [2.45, 2.75) is 25.8 Å². The zero-order valence-corrected chi connectivity index (χ0v) is 10.8. The fourth-order valence-corrected chi connectivity index (χ4v) is 3.46. The lowest BCUT2D eigenvalue weighted by Gasteiger charge is -2.40. The van der Waals surface area contributed by atoms with Gasteiger partial charge in [0.25, 0.3) is 0 Å². The Kier molecular flexibility index (Phi) is 3.35. The summed E-state index contributed by atoms with van der Waals surface area (Å²) in [5, 5.41) is 3.48. The van der Waals surface area contributed by atoms with Crippen molar-refractivity contribution in [2.24, 2.45) is 5.41 Å². The third-order valence-corrected chi connectivity index (χ3v) is 4.42. The van der Waals surface area contributed by atoms with Crippen LogP contribution in [0.1, 0.15) is 24.8 Å². The molecule has 3 heteroatoms. The SMILES string of the molecule is Fc1ccccc1CN1CCCC2(CCNC2)C1. The highest BCUT2D eigenvalue weighted by molar-refractivity contribution is 5.17. The van der Waals surface area contributed by atoms with E-state index < -0.39 is 0 Å². The highest BCUT2D eigenvalue weighted by Crippen LogP contribution is 2.35. The number of nitrogens with one attached hydrogen (secondary N) is 1. The van der Waals surface area contributed by atoms with Crippen molar-refractivity contribution >= 4 is 0 Å². The Morgan fingerprint density at radius 2 is 2.17 bits per heavy atom. The number of piperidine rings is 1. The predicted molar refractivity (Wildman–Crippen MR) is 70.8 cm³/mol. The van der Waals surface area contributed by atoms with Gasteiger partial charge in [-0.2, -0.15) is 0 Å². The number of nitrogens with zero attached hydrogens (tertiary/aromatic N) is 1. The van der Waals surface area contributed by atoms with Gasteiger partial charge in [0, 0.05) is 25.2 Å². The van der Waals surface area contributed by atoms with Crippen LogP contribution in [0.15, 0.2) is 24.3 Å². The quantitative estimate of drug-likeness (QED) is 0.864. The van der Waals surface area contributed by atoms with Crippen LogP contribution < -0.4 is 5.32 Å². The first-order valence-electron chi connectivity index (χ1n) is 6.94. The summed E-state index contributed by atoms with van der Waals surface area (Å²) in [6.45, 7) is 5.27. The van der Waals surface area contributed by atoms with Crippen LogP contribution >= 0.6 is 0 Å². The second-order valence-electron chi connectivity index (χ2n) is 5.83. The Balaban J connectivity index is 1.68. The van der Waals surface area contributed by atoms with Gasteiger partial charge in [0.05, 0.1) is 0 Å². The lowest BCUT2D eigenvalue weighted by atomic mass is 9.79. The number of likely N-dealkylation sites (tertiary alicyclic amines) is 1. The van der Waals surface area contributed by atoms with E-state index in [0.29, 0.717) is 5.41 Å². The monoisotopic (exact) mass is 248 g/mol. The molecule has 2 aliphatic heterocycles. The van der Waals surface area contributed by atoms with E-state index in [0.717, 1.165) is 38.3 Å². The van der Waals surface area contributed by atoms with E-state index in [4.69, 9.17) is 0 Å². The maximum atomic E-state index is 13.7. The van der Waals surface area contributed by atoms with E-state index in [1.54, 1.807) is 12.1 Å². The van der Waals surface area contributed by atoms with E-state index >= 15 is 0 Å². The number of rotatable bonds is 2. The van der Waals surface area contributed by atoms with Crippen LogP contribution in [-0.2, 0) is 6.54 Å². The third-order valence-electron chi connectivity index (χ3n) is 4.42. The molecule has 1 aromatic rings. The molecule has 0 saturated carbocycles. The van der Waals surface area contributed by atoms with Crippen LogP contribution in [0.25, 0.3) is 0 Å². The topological polar surface area (TPSA) is 15.3 Å². The van der Waals surface area contributed by atoms with Crippen molar-refractivity contribution < 1.29 is 4.39 Å². The Bertz CT molecular complexity index is 413. The van der Waals surface area contributed by atoms with Gasteiger partial charge < -0.3 is 5.32 Å². The summed E-state index contributed by atoms with van der Waals surface area (Å²) in [4.78, 5) is 2.43. The molecule has 1 spiro atoms. The zero-order chi connectivity index (χ0) is 12.4. The second-order valence-corrected chi connectivity index (χ2v) is 5.83. The number of halogens is 1. The van der Waals surface area contributed by atoms with Gasteiger partial charge in [-0.05, 0) is 43.8 Å². The molecule has 2 heterocycles. The molecule has 2 saturated heterocycles. The first kappa shape index (κ1) is 12.1. The van der Waals surface area contributed by atoms with Crippen LogP contribution in [-0.4, -0.2) is 31.1 Å². The van der Waals surface area contributed by atoms with Gasteiger partial charge in [0.1, 0.15) is 5.82 Å². The zero-order valence-electron chi connectivity index (χ0n) is 10.8. The van der Waals surface area contributed by atoms with Crippen LogP contribution in [0, 0.1) is 11.2 Å². The van der Waals surface area contributed by atoms with Gasteiger partial charge in [-0.3, -0.25) is 4.90 Å². The Labute approximate surface area is 108 Å². The summed E-state index contributed by atoms with van der Waals surface area (Å²) in [6, 6.07) is 7.16. The van der Waals surface area contributed by atoms with Gasteiger partial charge in [-0.25, -0.2) is 4.39 Å². The molecular formula is C15H21FN2. The summed E-state index contributed by atoms with van der Waals surface area (Å²) in [7, 11) is 0. The molecular weight excluding hydrogens is 227 g/mol. The van der Waals surface area contributed by atoms with Gasteiger partial charge in [-0.15, -0.1) is 0 Å². The second kappa shape index (κ2) is 4.98. The van der Waals surface area contributed by atoms with Crippen molar-refractivity contribution in [3.8, 4) is 0 Å². The maximum absolute atomic E-state index is 13.7. The molecule has 2 fully saturated rings. The summed E-state index contributed by atoms with van der Waals surface area (Å²) in [6.07, 6.45) is 3.85. The molecule has 1 aromatic carbocycles. The van der Waals surface area contributed by atoms with Gasteiger partial charge in [-0.1, -0.05) is 18.2 Å². The average molecular weight is 248 g/mol. The fraction of sp³-hybridized carbons (Fsp3) is 0.600. The van der Waals surface area contributed by atoms with Crippen molar-refractivity contribution in [3.63, 3.8) is 0 Å². The summed E-state index contributed by atoms with van der Waals surface area (Å²) >= 11 is 0. The molecule has 1 unspecified atom stereocenters. The van der Waals surface area contributed by atoms with Crippen LogP contribution in [0.2, 0.25) is 0 Å². The molecule has 3 rings (SSSR count). The van der Waals surface area contributed by atoms with Gasteiger partial charge in [0.15, 0.2) is 0 Å². The average Bonchev–Trinajstić information content (AvgIpc) is 2.80. The molecule has 0 amide bonds. The molecule has 0 bridgehead atoms. The Hall–Kier alpha value is -0.930. The number of hydrogen-bond donors (Lipinski definition) is 1. The summed E-state index contributed by atoms with van der Waals surface area (Å²) in [5.41, 5.74) is 1.30. The van der Waals surface area contributed by atoms with Crippen molar-refractivity contribution in [1.82, 2.24) is 10.2 Å². The fourth-order valence-electron chi connectivity index (χ4n) is 3.46. The normalized spacial score (nSPS) is 28.9. The lowest BCUT2D eigenvalue weighted by molar-refractivity contribution is 0.0969. The molecule has 2 aliphatic rings. The van der Waals surface area contributed by atoms with E-state index in [9.17, 15) is 4.39 Å². The van der Waals surface area contributed by atoms with E-state index in [1.807, 2.05) is 12.1 Å². The van der Waals surface area contributed by atoms with Gasteiger partial charge >= 0.3 is 0 Å². The number of hydrogen-bond acceptors (Lipinski definition) is 2. The highest BCUT2D eigenvalue weighted by atomic mass is 19.1. The molecule has 98 valence electrons. The molecule has 0 aliphatic carbocycles. The number of benzene rings is 1. The van der Waals surface area contributed by atoms with Crippen LogP contribution in [0.5, 0.6) is 0 Å². The standard InChI is InChI=1S/C15H21FN2/c16-14-5-2-1-4-13(14)10-18-9-3-6-15(12-18)7-8-17-11-15/h1-2,4-5,17H,3,6-12H2. The van der Waals surface area contributed by atoms with Crippen LogP contribution in [0.3, 0.4) is 0 Å². The first-order chi connectivity index (χ1) is 8.77.